The molecule has 0 aliphatic carbocycles. The van der Waals surface area contributed by atoms with Gasteiger partial charge in [-0.1, -0.05) is 36.2 Å². The lowest BCUT2D eigenvalue weighted by atomic mass is 10.1. The van der Waals surface area contributed by atoms with Crippen molar-refractivity contribution >= 4 is 40.7 Å². The highest BCUT2D eigenvalue weighted by molar-refractivity contribution is 6.39. The molecule has 1 unspecified atom stereocenters. The van der Waals surface area contributed by atoms with E-state index in [1.807, 2.05) is 11.8 Å². The Bertz CT molecular complexity index is 560. The van der Waals surface area contributed by atoms with Crippen LogP contribution in [-0.2, 0) is 9.59 Å². The number of piperidine rings is 1. The molecule has 1 saturated heterocycles. The van der Waals surface area contributed by atoms with E-state index >= 15 is 0 Å². The van der Waals surface area contributed by atoms with E-state index in [0.717, 1.165) is 19.4 Å². The average Bonchev–Trinajstić information content (AvgIpc) is 2.51. The average molecular weight is 358 g/mol. The summed E-state index contributed by atoms with van der Waals surface area (Å²) in [5.74, 6) is -0.119. The molecule has 0 saturated carbocycles. The minimum absolute atomic E-state index is 0.0455. The van der Waals surface area contributed by atoms with Gasteiger partial charge in [0, 0.05) is 19.0 Å². The van der Waals surface area contributed by atoms with E-state index in [4.69, 9.17) is 23.2 Å². The van der Waals surface area contributed by atoms with Crippen LogP contribution in [0.3, 0.4) is 0 Å². The van der Waals surface area contributed by atoms with Gasteiger partial charge in [0.2, 0.25) is 11.8 Å². The van der Waals surface area contributed by atoms with Gasteiger partial charge in [0.1, 0.15) is 0 Å². The second-order valence-electron chi connectivity index (χ2n) is 5.64. The molecule has 1 aliphatic rings. The smallest absolute Gasteiger partial charge is 0.238 e. The number of halogens is 2. The highest BCUT2D eigenvalue weighted by Crippen LogP contribution is 2.29. The second-order valence-corrected chi connectivity index (χ2v) is 6.45. The number of benzene rings is 1. The summed E-state index contributed by atoms with van der Waals surface area (Å²) >= 11 is 12.1. The lowest BCUT2D eigenvalue weighted by Gasteiger charge is -2.32. The van der Waals surface area contributed by atoms with Gasteiger partial charge >= 0.3 is 0 Å². The number of nitrogens with one attached hydrogen (secondary N) is 2. The maximum atomic E-state index is 12.2. The number of nitrogens with zero attached hydrogens (tertiary/aromatic N) is 1. The van der Waals surface area contributed by atoms with Crippen molar-refractivity contribution in [3.05, 3.63) is 28.2 Å². The van der Waals surface area contributed by atoms with Crippen LogP contribution in [-0.4, -0.2) is 42.4 Å². The van der Waals surface area contributed by atoms with Crippen molar-refractivity contribution in [2.24, 2.45) is 0 Å². The van der Waals surface area contributed by atoms with Gasteiger partial charge in [0.25, 0.3) is 0 Å². The molecule has 1 aromatic rings. The van der Waals surface area contributed by atoms with E-state index in [1.54, 1.807) is 18.2 Å². The Morgan fingerprint density at radius 1 is 1.26 bits per heavy atom. The van der Waals surface area contributed by atoms with Gasteiger partial charge in [-0.3, -0.25) is 14.5 Å². The fraction of sp³-hybridized carbons (Fsp3) is 0.500. The molecule has 126 valence electrons. The van der Waals surface area contributed by atoms with Crippen LogP contribution in [0.15, 0.2) is 18.2 Å². The normalized spacial score (nSPS) is 18.5. The minimum atomic E-state index is -0.164. The number of hydrogen-bond acceptors (Lipinski definition) is 3. The molecular weight excluding hydrogens is 337 g/mol. The molecule has 1 aromatic carbocycles. The van der Waals surface area contributed by atoms with Gasteiger partial charge in [-0.05, 0) is 31.5 Å². The predicted molar refractivity (Wildman–Crippen MR) is 93.0 cm³/mol. The zero-order valence-electron chi connectivity index (χ0n) is 13.1. The minimum Gasteiger partial charge on any atom is -0.352 e. The maximum Gasteiger partial charge on any atom is 0.238 e. The number of carbonyl (C=O) groups excluding carboxylic acids is 2. The Kier molecular flexibility index (Phi) is 6.69. The molecule has 1 atom stereocenters. The third-order valence-corrected chi connectivity index (χ3v) is 4.42. The fourth-order valence-corrected chi connectivity index (χ4v) is 3.14. The highest BCUT2D eigenvalue weighted by Gasteiger charge is 2.23. The second kappa shape index (κ2) is 8.52. The number of likely N-dealkylation sites (tertiary alicyclic amines) is 1. The number of amides is 2. The van der Waals surface area contributed by atoms with Crippen LogP contribution in [0.1, 0.15) is 26.2 Å². The molecule has 0 aromatic heterocycles. The van der Waals surface area contributed by atoms with Crippen molar-refractivity contribution < 1.29 is 9.59 Å². The number of para-hydroxylation sites is 1. The molecule has 2 rings (SSSR count). The molecule has 1 fully saturated rings. The topological polar surface area (TPSA) is 61.4 Å². The Labute approximate surface area is 146 Å². The van der Waals surface area contributed by atoms with Gasteiger partial charge in [-0.2, -0.15) is 0 Å². The first-order valence-electron chi connectivity index (χ1n) is 7.75. The van der Waals surface area contributed by atoms with E-state index in [1.165, 1.54) is 0 Å². The van der Waals surface area contributed by atoms with Gasteiger partial charge in [-0.25, -0.2) is 0 Å². The molecule has 0 radical (unpaired) electrons. The number of carbonyl (C=O) groups is 2. The summed E-state index contributed by atoms with van der Waals surface area (Å²) in [5.41, 5.74) is 0.439. The van der Waals surface area contributed by atoms with Crippen LogP contribution >= 0.6 is 23.2 Å². The summed E-state index contributed by atoms with van der Waals surface area (Å²) in [6, 6.07) is 5.19. The van der Waals surface area contributed by atoms with Crippen LogP contribution in [0.2, 0.25) is 10.0 Å². The van der Waals surface area contributed by atoms with Crippen LogP contribution < -0.4 is 10.6 Å². The Morgan fingerprint density at radius 3 is 2.61 bits per heavy atom. The van der Waals surface area contributed by atoms with E-state index < -0.39 is 0 Å². The van der Waals surface area contributed by atoms with Gasteiger partial charge < -0.3 is 10.6 Å². The van der Waals surface area contributed by atoms with E-state index in [-0.39, 0.29) is 24.4 Å². The predicted octanol–water partition coefficient (Wildman–Crippen LogP) is 2.92. The SMILES string of the molecule is CCC(=O)NC1CCCN(CC(=O)Nc2c(Cl)cccc2Cl)C1. The summed E-state index contributed by atoms with van der Waals surface area (Å²) in [6.45, 7) is 3.59. The zero-order chi connectivity index (χ0) is 16.8. The Hall–Kier alpha value is -1.30. The largest absolute Gasteiger partial charge is 0.352 e. The molecule has 0 spiro atoms. The van der Waals surface area contributed by atoms with Crippen molar-refractivity contribution in [1.29, 1.82) is 0 Å². The number of rotatable bonds is 5. The molecule has 2 N–H and O–H groups in total. The van der Waals surface area contributed by atoms with Crippen LogP contribution in [0.4, 0.5) is 5.69 Å². The quantitative estimate of drug-likeness (QED) is 0.851. The number of anilines is 1. The summed E-state index contributed by atoms with van der Waals surface area (Å²) in [5, 5.41) is 6.57. The van der Waals surface area contributed by atoms with Crippen LogP contribution in [0, 0.1) is 0 Å². The lowest BCUT2D eigenvalue weighted by Crippen LogP contribution is -2.49. The van der Waals surface area contributed by atoms with Gasteiger partial charge in [-0.15, -0.1) is 0 Å². The molecule has 1 heterocycles. The van der Waals surface area contributed by atoms with E-state index in [0.29, 0.717) is 28.7 Å². The van der Waals surface area contributed by atoms with E-state index in [2.05, 4.69) is 10.6 Å². The molecule has 1 aliphatic heterocycles. The zero-order valence-corrected chi connectivity index (χ0v) is 14.6. The lowest BCUT2D eigenvalue weighted by molar-refractivity contribution is -0.121. The molecule has 2 amide bonds. The molecule has 7 heteroatoms. The van der Waals surface area contributed by atoms with Crippen LogP contribution in [0.5, 0.6) is 0 Å². The standard InChI is InChI=1S/C16H21Cl2N3O2/c1-2-14(22)19-11-5-4-8-21(9-11)10-15(23)20-16-12(17)6-3-7-13(16)18/h3,6-7,11H,2,4-5,8-10H2,1H3,(H,19,22)(H,20,23). The van der Waals surface area contributed by atoms with Crippen molar-refractivity contribution in [2.45, 2.75) is 32.2 Å². The number of hydrogen-bond donors (Lipinski definition) is 2. The third-order valence-electron chi connectivity index (χ3n) is 3.79. The van der Waals surface area contributed by atoms with Gasteiger partial charge in [0.05, 0.1) is 22.3 Å². The fourth-order valence-electron chi connectivity index (χ4n) is 2.65. The summed E-state index contributed by atoms with van der Waals surface area (Å²) < 4.78 is 0. The van der Waals surface area contributed by atoms with E-state index in [9.17, 15) is 9.59 Å². The highest BCUT2D eigenvalue weighted by atomic mass is 35.5. The van der Waals surface area contributed by atoms with Crippen molar-refractivity contribution in [3.8, 4) is 0 Å². The Morgan fingerprint density at radius 2 is 1.96 bits per heavy atom. The van der Waals surface area contributed by atoms with Gasteiger partial charge in [0.15, 0.2) is 0 Å². The maximum absolute atomic E-state index is 12.2. The summed E-state index contributed by atoms with van der Waals surface area (Å²) in [4.78, 5) is 25.7. The first-order chi connectivity index (χ1) is 11.0. The Balaban J connectivity index is 1.88. The molecular formula is C16H21Cl2N3O2. The summed E-state index contributed by atoms with van der Waals surface area (Å²) in [6.07, 6.45) is 2.37. The van der Waals surface area contributed by atoms with Crippen molar-refractivity contribution in [3.63, 3.8) is 0 Å². The first kappa shape index (κ1) is 18.0. The molecule has 0 bridgehead atoms. The molecule has 23 heavy (non-hydrogen) atoms. The first-order valence-corrected chi connectivity index (χ1v) is 8.50. The van der Waals surface area contributed by atoms with Crippen molar-refractivity contribution in [2.75, 3.05) is 25.0 Å². The van der Waals surface area contributed by atoms with Crippen molar-refractivity contribution in [1.82, 2.24) is 10.2 Å². The third kappa shape index (κ3) is 5.37. The van der Waals surface area contributed by atoms with Crippen LogP contribution in [0.25, 0.3) is 0 Å². The summed E-state index contributed by atoms with van der Waals surface area (Å²) in [7, 11) is 0. The molecule has 5 nitrogen and oxygen atoms in total. The monoisotopic (exact) mass is 357 g/mol.